The van der Waals surface area contributed by atoms with Crippen LogP contribution in [-0.2, 0) is 4.74 Å². The molecule has 0 aromatic carbocycles. The number of pyridine rings is 1. The molecule has 0 unspecified atom stereocenters. The van der Waals surface area contributed by atoms with Gasteiger partial charge in [-0.15, -0.1) is 0 Å². The first-order chi connectivity index (χ1) is 7.28. The van der Waals surface area contributed by atoms with E-state index < -0.39 is 11.7 Å². The third-order valence-electron chi connectivity index (χ3n) is 1.43. The van der Waals surface area contributed by atoms with Crippen molar-refractivity contribution in [3.05, 3.63) is 22.3 Å². The molecule has 0 saturated carbocycles. The van der Waals surface area contributed by atoms with Gasteiger partial charge in [-0.2, -0.15) is 0 Å². The summed E-state index contributed by atoms with van der Waals surface area (Å²) in [7, 11) is 0. The van der Waals surface area contributed by atoms with Crippen LogP contribution in [0.25, 0.3) is 0 Å². The van der Waals surface area contributed by atoms with Gasteiger partial charge in [0.2, 0.25) is 0 Å². The van der Waals surface area contributed by atoms with Crippen molar-refractivity contribution in [3.63, 3.8) is 0 Å². The molecule has 1 N–H and O–H groups in total. The molecule has 0 aliphatic carbocycles. The van der Waals surface area contributed by atoms with Gasteiger partial charge in [0, 0.05) is 6.20 Å². The second-order valence-corrected chi connectivity index (χ2v) is 4.95. The van der Waals surface area contributed by atoms with Crippen molar-refractivity contribution < 1.29 is 9.53 Å². The zero-order valence-corrected chi connectivity index (χ0v) is 10.7. The molecule has 1 amide bonds. The van der Waals surface area contributed by atoms with E-state index in [-0.39, 0.29) is 10.8 Å². The highest BCUT2D eigenvalue weighted by molar-refractivity contribution is 6.36. The molecule has 4 nitrogen and oxygen atoms in total. The van der Waals surface area contributed by atoms with Crippen molar-refractivity contribution in [3.8, 4) is 0 Å². The Morgan fingerprint density at radius 2 is 2.06 bits per heavy atom. The Labute approximate surface area is 104 Å². The van der Waals surface area contributed by atoms with Crippen LogP contribution >= 0.6 is 23.2 Å². The minimum atomic E-state index is -0.607. The molecule has 1 heterocycles. The lowest BCUT2D eigenvalue weighted by molar-refractivity contribution is 0.0635. The highest BCUT2D eigenvalue weighted by atomic mass is 35.5. The summed E-state index contributed by atoms with van der Waals surface area (Å²) in [6.07, 6.45) is 0.782. The average molecular weight is 263 g/mol. The van der Waals surface area contributed by atoms with Gasteiger partial charge in [-0.3, -0.25) is 5.32 Å². The average Bonchev–Trinajstić information content (AvgIpc) is 2.06. The number of anilines is 1. The van der Waals surface area contributed by atoms with Gasteiger partial charge in [0.25, 0.3) is 0 Å². The summed E-state index contributed by atoms with van der Waals surface area (Å²) in [5, 5.41) is 3.10. The lowest BCUT2D eigenvalue weighted by atomic mass is 10.2. The first kappa shape index (κ1) is 13.1. The molecule has 0 bridgehead atoms. The van der Waals surface area contributed by atoms with Crippen molar-refractivity contribution in [2.45, 2.75) is 26.4 Å². The number of ether oxygens (including phenoxy) is 1. The molecule has 0 spiro atoms. The van der Waals surface area contributed by atoms with Crippen molar-refractivity contribution in [1.82, 2.24) is 4.98 Å². The second-order valence-electron chi connectivity index (χ2n) is 4.11. The molecular weight excluding hydrogens is 251 g/mol. The van der Waals surface area contributed by atoms with Crippen LogP contribution in [0.1, 0.15) is 20.8 Å². The maximum atomic E-state index is 11.4. The molecule has 0 aliphatic rings. The molecule has 16 heavy (non-hydrogen) atoms. The Bertz CT molecular complexity index is 402. The number of aromatic nitrogens is 1. The first-order valence-corrected chi connectivity index (χ1v) is 5.34. The lowest BCUT2D eigenvalue weighted by Crippen LogP contribution is -2.27. The molecule has 0 atom stereocenters. The van der Waals surface area contributed by atoms with Gasteiger partial charge in [0.1, 0.15) is 5.60 Å². The summed E-state index contributed by atoms with van der Waals surface area (Å²) in [6.45, 7) is 5.30. The Balaban J connectivity index is 2.70. The normalized spacial score (nSPS) is 11.1. The summed E-state index contributed by atoms with van der Waals surface area (Å²) in [5.74, 6) is 0.223. The van der Waals surface area contributed by atoms with E-state index in [1.807, 2.05) is 0 Å². The summed E-state index contributed by atoms with van der Waals surface area (Å²) >= 11 is 11.5. The van der Waals surface area contributed by atoms with Gasteiger partial charge in [-0.1, -0.05) is 23.2 Å². The quantitative estimate of drug-likeness (QED) is 0.839. The Hall–Kier alpha value is -1.000. The van der Waals surface area contributed by atoms with Gasteiger partial charge >= 0.3 is 6.09 Å². The maximum Gasteiger partial charge on any atom is 0.413 e. The molecule has 88 valence electrons. The van der Waals surface area contributed by atoms with E-state index in [0.29, 0.717) is 5.02 Å². The lowest BCUT2D eigenvalue weighted by Gasteiger charge is -2.19. The fourth-order valence-corrected chi connectivity index (χ4v) is 1.33. The number of rotatable bonds is 1. The van der Waals surface area contributed by atoms with Crippen molar-refractivity contribution in [1.29, 1.82) is 0 Å². The fraction of sp³-hybridized carbons (Fsp3) is 0.400. The standard InChI is InChI=1S/C10H12Cl2N2O2/c1-10(2,3)16-9(15)14-8-7(12)4-6(11)5-13-8/h4-5H,1-3H3,(H,13,14,15). The third-order valence-corrected chi connectivity index (χ3v) is 1.92. The molecule has 0 aliphatic heterocycles. The number of nitrogens with one attached hydrogen (secondary N) is 1. The second kappa shape index (κ2) is 4.89. The van der Waals surface area contributed by atoms with Crippen molar-refractivity contribution in [2.75, 3.05) is 5.32 Å². The van der Waals surface area contributed by atoms with E-state index in [4.69, 9.17) is 27.9 Å². The van der Waals surface area contributed by atoms with E-state index in [1.165, 1.54) is 12.3 Å². The Kier molecular flexibility index (Phi) is 3.99. The fourth-order valence-electron chi connectivity index (χ4n) is 0.907. The largest absolute Gasteiger partial charge is 0.444 e. The summed E-state index contributed by atoms with van der Waals surface area (Å²) in [4.78, 5) is 15.3. The minimum Gasteiger partial charge on any atom is -0.444 e. The zero-order valence-electron chi connectivity index (χ0n) is 9.17. The molecule has 0 fully saturated rings. The van der Waals surface area contributed by atoms with Crippen molar-refractivity contribution >= 4 is 35.1 Å². The summed E-state index contributed by atoms with van der Waals surface area (Å²) in [5.41, 5.74) is -0.566. The summed E-state index contributed by atoms with van der Waals surface area (Å²) in [6, 6.07) is 1.49. The number of halogens is 2. The number of carbonyl (C=O) groups excluding carboxylic acids is 1. The zero-order chi connectivity index (χ0) is 12.3. The van der Waals surface area contributed by atoms with Crippen LogP contribution < -0.4 is 5.32 Å². The molecule has 0 saturated heterocycles. The van der Waals surface area contributed by atoms with E-state index >= 15 is 0 Å². The number of hydrogen-bond donors (Lipinski definition) is 1. The van der Waals surface area contributed by atoms with Crippen molar-refractivity contribution in [2.24, 2.45) is 0 Å². The predicted octanol–water partition coefficient (Wildman–Crippen LogP) is 3.74. The molecule has 1 aromatic rings. The molecule has 0 radical (unpaired) electrons. The van der Waals surface area contributed by atoms with Gasteiger partial charge in [0.05, 0.1) is 10.0 Å². The van der Waals surface area contributed by atoms with Crippen LogP contribution in [0.2, 0.25) is 10.0 Å². The van der Waals surface area contributed by atoms with Crippen LogP contribution in [0.5, 0.6) is 0 Å². The molecule has 1 rings (SSSR count). The minimum absolute atomic E-state index is 0.223. The van der Waals surface area contributed by atoms with Crippen LogP contribution in [0.3, 0.4) is 0 Å². The Morgan fingerprint density at radius 1 is 1.44 bits per heavy atom. The van der Waals surface area contributed by atoms with E-state index in [1.54, 1.807) is 20.8 Å². The first-order valence-electron chi connectivity index (χ1n) is 4.59. The summed E-state index contributed by atoms with van der Waals surface area (Å²) < 4.78 is 5.05. The highest BCUT2D eigenvalue weighted by Crippen LogP contribution is 2.23. The van der Waals surface area contributed by atoms with Gasteiger partial charge < -0.3 is 4.74 Å². The Morgan fingerprint density at radius 3 is 2.56 bits per heavy atom. The van der Waals surface area contributed by atoms with E-state index in [0.717, 1.165) is 0 Å². The third kappa shape index (κ3) is 4.24. The number of nitrogens with zero attached hydrogens (tertiary/aromatic N) is 1. The van der Waals surface area contributed by atoms with Crippen LogP contribution in [0, 0.1) is 0 Å². The van der Waals surface area contributed by atoms with E-state index in [2.05, 4.69) is 10.3 Å². The van der Waals surface area contributed by atoms with E-state index in [9.17, 15) is 4.79 Å². The topological polar surface area (TPSA) is 51.2 Å². The van der Waals surface area contributed by atoms with Gasteiger partial charge in [0.15, 0.2) is 5.82 Å². The van der Waals surface area contributed by atoms with Crippen LogP contribution in [-0.4, -0.2) is 16.7 Å². The monoisotopic (exact) mass is 262 g/mol. The number of hydrogen-bond acceptors (Lipinski definition) is 3. The SMILES string of the molecule is CC(C)(C)OC(=O)Nc1ncc(Cl)cc1Cl. The number of carbonyl (C=O) groups is 1. The van der Waals surface area contributed by atoms with Crippen LogP contribution in [0.4, 0.5) is 10.6 Å². The smallest absolute Gasteiger partial charge is 0.413 e. The number of amides is 1. The maximum absolute atomic E-state index is 11.4. The van der Waals surface area contributed by atoms with Crippen LogP contribution in [0.15, 0.2) is 12.3 Å². The predicted molar refractivity (Wildman–Crippen MR) is 64.1 cm³/mol. The molecule has 1 aromatic heterocycles. The molecule has 6 heteroatoms. The molecular formula is C10H12Cl2N2O2. The van der Waals surface area contributed by atoms with Gasteiger partial charge in [-0.25, -0.2) is 9.78 Å². The highest BCUT2D eigenvalue weighted by Gasteiger charge is 2.17. The van der Waals surface area contributed by atoms with Gasteiger partial charge in [-0.05, 0) is 26.8 Å².